The molecule has 1 nitrogen and oxygen atoms in total. The molecule has 1 aromatic rings. The van der Waals surface area contributed by atoms with Crippen LogP contribution in [-0.4, -0.2) is 12.5 Å². The summed E-state index contributed by atoms with van der Waals surface area (Å²) in [5.41, 5.74) is 1.32. The zero-order valence-corrected chi connectivity index (χ0v) is 9.39. The minimum atomic E-state index is 0.721. The SMILES string of the molecule is CCc1cccc(OCCCCCl)c1. The lowest BCUT2D eigenvalue weighted by Crippen LogP contribution is -1.97. The van der Waals surface area contributed by atoms with E-state index in [0.29, 0.717) is 0 Å². The second kappa shape index (κ2) is 6.72. The number of unbranched alkanes of at least 4 members (excludes halogenated alkanes) is 1. The molecule has 1 rings (SSSR count). The van der Waals surface area contributed by atoms with Crippen molar-refractivity contribution in [3.63, 3.8) is 0 Å². The first kappa shape index (κ1) is 11.4. The lowest BCUT2D eigenvalue weighted by Gasteiger charge is -2.06. The molecule has 0 spiro atoms. The Balaban J connectivity index is 2.34. The molecule has 0 fully saturated rings. The van der Waals surface area contributed by atoms with Crippen LogP contribution in [0.2, 0.25) is 0 Å². The quantitative estimate of drug-likeness (QED) is 0.517. The fourth-order valence-corrected chi connectivity index (χ4v) is 1.43. The minimum Gasteiger partial charge on any atom is -0.494 e. The Morgan fingerprint density at radius 3 is 2.86 bits per heavy atom. The van der Waals surface area contributed by atoms with Gasteiger partial charge in [0.25, 0.3) is 0 Å². The van der Waals surface area contributed by atoms with Gasteiger partial charge in [-0.1, -0.05) is 19.1 Å². The first-order chi connectivity index (χ1) is 6.86. The Labute approximate surface area is 91.0 Å². The van der Waals surface area contributed by atoms with Gasteiger partial charge in [-0.25, -0.2) is 0 Å². The van der Waals surface area contributed by atoms with Gasteiger partial charge in [0, 0.05) is 5.88 Å². The number of rotatable bonds is 6. The summed E-state index contributed by atoms with van der Waals surface area (Å²) in [5, 5.41) is 0. The molecule has 0 unspecified atom stereocenters. The summed E-state index contributed by atoms with van der Waals surface area (Å²) in [7, 11) is 0. The third-order valence-electron chi connectivity index (χ3n) is 2.10. The molecule has 0 atom stereocenters. The average Bonchev–Trinajstić information content (AvgIpc) is 2.25. The standard InChI is InChI=1S/C12H17ClO/c1-2-11-6-5-7-12(10-11)14-9-4-3-8-13/h5-7,10H,2-4,8-9H2,1H3. The van der Waals surface area contributed by atoms with E-state index in [1.54, 1.807) is 0 Å². The third kappa shape index (κ3) is 4.01. The van der Waals surface area contributed by atoms with E-state index in [1.807, 2.05) is 12.1 Å². The summed E-state index contributed by atoms with van der Waals surface area (Å²) in [6, 6.07) is 8.25. The Morgan fingerprint density at radius 1 is 1.29 bits per heavy atom. The molecule has 0 aliphatic carbocycles. The van der Waals surface area contributed by atoms with Crippen LogP contribution < -0.4 is 4.74 Å². The van der Waals surface area contributed by atoms with E-state index in [-0.39, 0.29) is 0 Å². The van der Waals surface area contributed by atoms with Crippen LogP contribution in [0, 0.1) is 0 Å². The van der Waals surface area contributed by atoms with Crippen LogP contribution in [0.15, 0.2) is 24.3 Å². The Morgan fingerprint density at radius 2 is 2.14 bits per heavy atom. The number of benzene rings is 1. The Bertz CT molecular complexity index is 260. The normalized spacial score (nSPS) is 10.1. The maximum absolute atomic E-state index is 5.59. The van der Waals surface area contributed by atoms with Gasteiger partial charge in [0.15, 0.2) is 0 Å². The summed E-state index contributed by atoms with van der Waals surface area (Å²) >= 11 is 5.58. The van der Waals surface area contributed by atoms with E-state index in [2.05, 4.69) is 19.1 Å². The molecule has 78 valence electrons. The topological polar surface area (TPSA) is 9.23 Å². The van der Waals surface area contributed by atoms with Crippen LogP contribution in [-0.2, 0) is 6.42 Å². The summed E-state index contributed by atoms with van der Waals surface area (Å²) in [6.45, 7) is 2.91. The van der Waals surface area contributed by atoms with Crippen molar-refractivity contribution in [1.82, 2.24) is 0 Å². The molecule has 0 aliphatic rings. The predicted octanol–water partition coefficient (Wildman–Crippen LogP) is 3.65. The van der Waals surface area contributed by atoms with E-state index in [9.17, 15) is 0 Å². The maximum atomic E-state index is 5.59. The fourth-order valence-electron chi connectivity index (χ4n) is 1.24. The number of hydrogen-bond acceptors (Lipinski definition) is 1. The zero-order chi connectivity index (χ0) is 10.2. The lowest BCUT2D eigenvalue weighted by atomic mass is 10.2. The highest BCUT2D eigenvalue weighted by molar-refractivity contribution is 6.17. The van der Waals surface area contributed by atoms with Crippen LogP contribution in [0.5, 0.6) is 5.75 Å². The van der Waals surface area contributed by atoms with E-state index >= 15 is 0 Å². The van der Waals surface area contributed by atoms with Gasteiger partial charge in [-0.2, -0.15) is 0 Å². The summed E-state index contributed by atoms with van der Waals surface area (Å²) < 4.78 is 5.59. The van der Waals surface area contributed by atoms with Gasteiger partial charge < -0.3 is 4.74 Å². The molecule has 0 heterocycles. The number of aryl methyl sites for hydroxylation is 1. The van der Waals surface area contributed by atoms with Crippen molar-refractivity contribution < 1.29 is 4.74 Å². The number of alkyl halides is 1. The molecule has 0 aromatic heterocycles. The highest BCUT2D eigenvalue weighted by atomic mass is 35.5. The van der Waals surface area contributed by atoms with Crippen LogP contribution in [0.4, 0.5) is 0 Å². The molecule has 0 saturated heterocycles. The smallest absolute Gasteiger partial charge is 0.119 e. The van der Waals surface area contributed by atoms with Crippen molar-refractivity contribution in [2.45, 2.75) is 26.2 Å². The molecule has 1 aromatic carbocycles. The molecular formula is C12H17ClO. The molecule has 0 radical (unpaired) electrons. The van der Waals surface area contributed by atoms with E-state index < -0.39 is 0 Å². The molecule has 0 N–H and O–H groups in total. The first-order valence-electron chi connectivity index (χ1n) is 5.14. The van der Waals surface area contributed by atoms with Crippen molar-refractivity contribution in [3.8, 4) is 5.75 Å². The number of halogens is 1. The van der Waals surface area contributed by atoms with Gasteiger partial charge in [-0.3, -0.25) is 0 Å². The largest absolute Gasteiger partial charge is 0.494 e. The predicted molar refractivity (Wildman–Crippen MR) is 61.3 cm³/mol. The van der Waals surface area contributed by atoms with Crippen LogP contribution in [0.25, 0.3) is 0 Å². The van der Waals surface area contributed by atoms with Crippen molar-refractivity contribution in [2.24, 2.45) is 0 Å². The Hall–Kier alpha value is -0.690. The van der Waals surface area contributed by atoms with E-state index in [4.69, 9.17) is 16.3 Å². The van der Waals surface area contributed by atoms with Crippen LogP contribution in [0.3, 0.4) is 0 Å². The van der Waals surface area contributed by atoms with Crippen LogP contribution >= 0.6 is 11.6 Å². The molecule has 0 amide bonds. The fraction of sp³-hybridized carbons (Fsp3) is 0.500. The highest BCUT2D eigenvalue weighted by Gasteiger charge is 1.94. The summed E-state index contributed by atoms with van der Waals surface area (Å²) in [4.78, 5) is 0. The van der Waals surface area contributed by atoms with Gasteiger partial charge in [-0.05, 0) is 37.0 Å². The molecule has 14 heavy (non-hydrogen) atoms. The molecular weight excluding hydrogens is 196 g/mol. The summed E-state index contributed by atoms with van der Waals surface area (Å²) in [6.07, 6.45) is 3.10. The lowest BCUT2D eigenvalue weighted by molar-refractivity contribution is 0.309. The minimum absolute atomic E-state index is 0.721. The van der Waals surface area contributed by atoms with Gasteiger partial charge >= 0.3 is 0 Å². The third-order valence-corrected chi connectivity index (χ3v) is 2.37. The second-order valence-corrected chi connectivity index (χ2v) is 3.62. The van der Waals surface area contributed by atoms with Gasteiger partial charge in [0.2, 0.25) is 0 Å². The van der Waals surface area contributed by atoms with Crippen molar-refractivity contribution in [3.05, 3.63) is 29.8 Å². The first-order valence-corrected chi connectivity index (χ1v) is 5.68. The molecule has 0 aliphatic heterocycles. The number of hydrogen-bond donors (Lipinski definition) is 0. The number of ether oxygens (including phenoxy) is 1. The average molecular weight is 213 g/mol. The zero-order valence-electron chi connectivity index (χ0n) is 8.63. The van der Waals surface area contributed by atoms with Gasteiger partial charge in [0.1, 0.15) is 5.75 Å². The van der Waals surface area contributed by atoms with Gasteiger partial charge in [-0.15, -0.1) is 11.6 Å². The monoisotopic (exact) mass is 212 g/mol. The molecule has 2 heteroatoms. The maximum Gasteiger partial charge on any atom is 0.119 e. The van der Waals surface area contributed by atoms with Gasteiger partial charge in [0.05, 0.1) is 6.61 Å². The Kier molecular flexibility index (Phi) is 5.46. The van der Waals surface area contributed by atoms with E-state index in [1.165, 1.54) is 5.56 Å². The van der Waals surface area contributed by atoms with Crippen LogP contribution in [0.1, 0.15) is 25.3 Å². The van der Waals surface area contributed by atoms with E-state index in [0.717, 1.165) is 37.5 Å². The molecule has 0 bridgehead atoms. The second-order valence-electron chi connectivity index (χ2n) is 3.25. The molecule has 0 saturated carbocycles. The van der Waals surface area contributed by atoms with Crippen molar-refractivity contribution in [2.75, 3.05) is 12.5 Å². The summed E-state index contributed by atoms with van der Waals surface area (Å²) in [5.74, 6) is 1.69. The highest BCUT2D eigenvalue weighted by Crippen LogP contribution is 2.13. The van der Waals surface area contributed by atoms with Crippen molar-refractivity contribution in [1.29, 1.82) is 0 Å². The van der Waals surface area contributed by atoms with Crippen molar-refractivity contribution >= 4 is 11.6 Å².